The fourth-order valence-electron chi connectivity index (χ4n) is 1.73. The minimum atomic E-state index is -0.139. The molecule has 3 nitrogen and oxygen atoms in total. The van der Waals surface area contributed by atoms with Crippen LogP contribution in [-0.2, 0) is 9.53 Å². The number of carbonyl (C=O) groups excluding carboxylic acids is 1. The number of piperidine rings is 1. The van der Waals surface area contributed by atoms with Crippen LogP contribution in [0.1, 0.15) is 6.92 Å². The van der Waals surface area contributed by atoms with Crippen LogP contribution < -0.4 is 5.32 Å². The maximum absolute atomic E-state index is 10.5. The lowest BCUT2D eigenvalue weighted by Gasteiger charge is -2.03. The van der Waals surface area contributed by atoms with Crippen LogP contribution in [0.2, 0.25) is 0 Å². The minimum Gasteiger partial charge on any atom is -0.462 e. The van der Waals surface area contributed by atoms with Crippen molar-refractivity contribution in [1.82, 2.24) is 5.32 Å². The van der Waals surface area contributed by atoms with Gasteiger partial charge in [-0.3, -0.25) is 4.79 Å². The Morgan fingerprint density at radius 1 is 1.50 bits per heavy atom. The molecule has 10 heavy (non-hydrogen) atoms. The molecule has 1 aliphatic heterocycles. The van der Waals surface area contributed by atoms with E-state index in [9.17, 15) is 4.79 Å². The van der Waals surface area contributed by atoms with Gasteiger partial charge in [0.1, 0.15) is 6.10 Å². The first-order valence-corrected chi connectivity index (χ1v) is 3.67. The summed E-state index contributed by atoms with van der Waals surface area (Å²) in [5.41, 5.74) is 0. The zero-order valence-electron chi connectivity index (χ0n) is 5.96. The van der Waals surface area contributed by atoms with Gasteiger partial charge >= 0.3 is 5.97 Å². The van der Waals surface area contributed by atoms with Crippen molar-refractivity contribution in [3.05, 3.63) is 0 Å². The molecule has 2 rings (SSSR count). The van der Waals surface area contributed by atoms with Gasteiger partial charge in [-0.25, -0.2) is 0 Å². The highest BCUT2D eigenvalue weighted by atomic mass is 16.5. The van der Waals surface area contributed by atoms with E-state index in [1.165, 1.54) is 6.92 Å². The van der Waals surface area contributed by atoms with Gasteiger partial charge in [-0.15, -0.1) is 0 Å². The van der Waals surface area contributed by atoms with E-state index in [0.29, 0.717) is 11.8 Å². The Kier molecular flexibility index (Phi) is 1.20. The maximum Gasteiger partial charge on any atom is 0.302 e. The highest BCUT2D eigenvalue weighted by Gasteiger charge is 2.55. The van der Waals surface area contributed by atoms with Crippen LogP contribution in [0.5, 0.6) is 0 Å². The third-order valence-corrected chi connectivity index (χ3v) is 2.32. The van der Waals surface area contributed by atoms with Crippen LogP contribution in [-0.4, -0.2) is 25.2 Å². The van der Waals surface area contributed by atoms with E-state index >= 15 is 0 Å². The van der Waals surface area contributed by atoms with E-state index in [2.05, 4.69) is 5.32 Å². The predicted octanol–water partition coefficient (Wildman–Crippen LogP) is -0.233. The van der Waals surface area contributed by atoms with E-state index in [1.54, 1.807) is 0 Å². The van der Waals surface area contributed by atoms with Gasteiger partial charge in [0.25, 0.3) is 0 Å². The molecule has 1 aliphatic carbocycles. The summed E-state index contributed by atoms with van der Waals surface area (Å²) >= 11 is 0. The minimum absolute atomic E-state index is 0.139. The van der Waals surface area contributed by atoms with E-state index in [1.807, 2.05) is 0 Å². The van der Waals surface area contributed by atoms with E-state index in [0.717, 1.165) is 13.1 Å². The predicted molar refractivity (Wildman–Crippen MR) is 35.4 cm³/mol. The monoisotopic (exact) mass is 141 g/mol. The van der Waals surface area contributed by atoms with E-state index < -0.39 is 0 Å². The standard InChI is InChI=1S/C7H11NO2/c1-4(9)10-7-5-2-8-3-6(5)7/h5-8H,2-3H2,1H3/t5-,6+,7?. The Morgan fingerprint density at radius 2 is 2.10 bits per heavy atom. The quantitative estimate of drug-likeness (QED) is 0.512. The summed E-state index contributed by atoms with van der Waals surface area (Å²) < 4.78 is 5.05. The van der Waals surface area contributed by atoms with E-state index in [-0.39, 0.29) is 12.1 Å². The summed E-state index contributed by atoms with van der Waals surface area (Å²) in [4.78, 5) is 10.5. The van der Waals surface area contributed by atoms with Gasteiger partial charge < -0.3 is 10.1 Å². The van der Waals surface area contributed by atoms with Crippen molar-refractivity contribution in [3.8, 4) is 0 Å². The molecule has 1 saturated heterocycles. The summed E-state index contributed by atoms with van der Waals surface area (Å²) in [6.45, 7) is 3.53. The van der Waals surface area contributed by atoms with Gasteiger partial charge in [0.15, 0.2) is 0 Å². The van der Waals surface area contributed by atoms with Crippen molar-refractivity contribution in [2.45, 2.75) is 13.0 Å². The van der Waals surface area contributed by atoms with Crippen molar-refractivity contribution in [2.75, 3.05) is 13.1 Å². The first-order valence-electron chi connectivity index (χ1n) is 3.67. The molecule has 1 saturated carbocycles. The van der Waals surface area contributed by atoms with Crippen LogP contribution in [0.3, 0.4) is 0 Å². The molecule has 0 spiro atoms. The Morgan fingerprint density at radius 3 is 2.60 bits per heavy atom. The largest absolute Gasteiger partial charge is 0.462 e. The summed E-state index contributed by atoms with van der Waals surface area (Å²) in [7, 11) is 0. The van der Waals surface area contributed by atoms with Crippen molar-refractivity contribution in [3.63, 3.8) is 0 Å². The Bertz CT molecular complexity index is 159. The summed E-state index contributed by atoms with van der Waals surface area (Å²) in [5, 5.41) is 3.23. The number of hydrogen-bond acceptors (Lipinski definition) is 3. The number of rotatable bonds is 1. The maximum atomic E-state index is 10.5. The summed E-state index contributed by atoms with van der Waals surface area (Å²) in [6.07, 6.45) is 0.249. The van der Waals surface area contributed by atoms with E-state index in [4.69, 9.17) is 4.74 Å². The SMILES string of the molecule is CC(=O)OC1[C@H]2CNC[C@@H]12. The van der Waals surface area contributed by atoms with Gasteiger partial charge in [0.05, 0.1) is 0 Å². The van der Waals surface area contributed by atoms with Gasteiger partial charge in [0, 0.05) is 31.8 Å². The lowest BCUT2D eigenvalue weighted by atomic mass is 10.4. The van der Waals surface area contributed by atoms with Gasteiger partial charge in [-0.05, 0) is 0 Å². The molecule has 1 N–H and O–H groups in total. The fraction of sp³-hybridized carbons (Fsp3) is 0.857. The molecule has 1 unspecified atom stereocenters. The van der Waals surface area contributed by atoms with Crippen LogP contribution >= 0.6 is 0 Å². The molecule has 0 bridgehead atoms. The summed E-state index contributed by atoms with van der Waals surface area (Å²) in [6, 6.07) is 0. The Labute approximate surface area is 59.7 Å². The number of fused-ring (bicyclic) bond motifs is 1. The zero-order chi connectivity index (χ0) is 7.14. The van der Waals surface area contributed by atoms with Crippen LogP contribution in [0, 0.1) is 11.8 Å². The first-order chi connectivity index (χ1) is 4.79. The smallest absolute Gasteiger partial charge is 0.302 e. The molecule has 0 amide bonds. The van der Waals surface area contributed by atoms with Crippen molar-refractivity contribution < 1.29 is 9.53 Å². The average Bonchev–Trinajstić information content (AvgIpc) is 2.40. The molecular formula is C7H11NO2. The van der Waals surface area contributed by atoms with Crippen LogP contribution in [0.4, 0.5) is 0 Å². The Balaban J connectivity index is 1.84. The molecular weight excluding hydrogens is 130 g/mol. The van der Waals surface area contributed by atoms with Crippen LogP contribution in [0.25, 0.3) is 0 Å². The Hall–Kier alpha value is -0.570. The summed E-state index contributed by atoms with van der Waals surface area (Å²) in [5.74, 6) is 1.12. The molecule has 2 aliphatic rings. The topological polar surface area (TPSA) is 38.3 Å². The van der Waals surface area contributed by atoms with Gasteiger partial charge in [-0.1, -0.05) is 0 Å². The van der Waals surface area contributed by atoms with Crippen molar-refractivity contribution in [2.24, 2.45) is 11.8 Å². The zero-order valence-corrected chi connectivity index (χ0v) is 5.96. The second kappa shape index (κ2) is 1.95. The molecule has 3 heteroatoms. The van der Waals surface area contributed by atoms with Gasteiger partial charge in [-0.2, -0.15) is 0 Å². The average molecular weight is 141 g/mol. The lowest BCUT2D eigenvalue weighted by Crippen LogP contribution is -2.19. The number of ether oxygens (including phenoxy) is 1. The molecule has 0 radical (unpaired) electrons. The molecule has 56 valence electrons. The fourth-order valence-corrected chi connectivity index (χ4v) is 1.73. The van der Waals surface area contributed by atoms with Crippen molar-refractivity contribution >= 4 is 5.97 Å². The molecule has 0 aromatic carbocycles. The second-order valence-electron chi connectivity index (χ2n) is 3.06. The van der Waals surface area contributed by atoms with Crippen LogP contribution in [0.15, 0.2) is 0 Å². The highest BCUT2D eigenvalue weighted by molar-refractivity contribution is 5.66. The number of carbonyl (C=O) groups is 1. The first kappa shape index (κ1) is 6.16. The molecule has 0 aromatic heterocycles. The third-order valence-electron chi connectivity index (χ3n) is 2.32. The van der Waals surface area contributed by atoms with Crippen molar-refractivity contribution in [1.29, 1.82) is 0 Å². The molecule has 3 atom stereocenters. The third kappa shape index (κ3) is 0.814. The molecule has 0 aromatic rings. The highest BCUT2D eigenvalue weighted by Crippen LogP contribution is 2.44. The number of esters is 1. The normalized spacial score (nSPS) is 42.7. The second-order valence-corrected chi connectivity index (χ2v) is 3.06. The lowest BCUT2D eigenvalue weighted by molar-refractivity contribution is -0.143. The van der Waals surface area contributed by atoms with Gasteiger partial charge in [0.2, 0.25) is 0 Å². The number of nitrogens with one attached hydrogen (secondary N) is 1. The molecule has 2 fully saturated rings. The number of hydrogen-bond donors (Lipinski definition) is 1. The molecule has 1 heterocycles.